The van der Waals surface area contributed by atoms with E-state index in [1.165, 1.54) is 0 Å². The SMILES string of the molecule is CCOC(=O)C[C@H]1Cc2ccccc2N1C(=O)[C@H](CC(C)C)NC(=O)[C@H](Cc1c[nH]c2ccccc12)NC(=O)OC(C)(C)C. The number of ether oxygens (including phenoxy) is 2. The summed E-state index contributed by atoms with van der Waals surface area (Å²) < 4.78 is 10.7. The fraction of sp³-hybridized carbons (Fsp3) is 0.471. The van der Waals surface area contributed by atoms with Crippen molar-refractivity contribution in [2.24, 2.45) is 5.92 Å². The summed E-state index contributed by atoms with van der Waals surface area (Å²) in [4.78, 5) is 58.5. The van der Waals surface area contributed by atoms with Crippen LogP contribution in [0.2, 0.25) is 0 Å². The van der Waals surface area contributed by atoms with Crippen LogP contribution in [0.3, 0.4) is 0 Å². The van der Waals surface area contributed by atoms with Crippen LogP contribution in [-0.4, -0.2) is 59.2 Å². The van der Waals surface area contributed by atoms with Crippen LogP contribution < -0.4 is 15.5 Å². The van der Waals surface area contributed by atoms with Crippen molar-refractivity contribution in [3.63, 3.8) is 0 Å². The molecular weight excluding hydrogens is 560 g/mol. The third kappa shape index (κ3) is 8.18. The van der Waals surface area contributed by atoms with Gasteiger partial charge in [-0.2, -0.15) is 0 Å². The molecule has 236 valence electrons. The third-order valence-electron chi connectivity index (χ3n) is 7.44. The monoisotopic (exact) mass is 604 g/mol. The molecule has 1 aliphatic heterocycles. The normalized spacial score (nSPS) is 15.9. The van der Waals surface area contributed by atoms with Crippen molar-refractivity contribution in [1.82, 2.24) is 15.6 Å². The molecule has 10 nitrogen and oxygen atoms in total. The molecule has 0 saturated carbocycles. The molecule has 4 rings (SSSR count). The Hall–Kier alpha value is -4.34. The zero-order valence-electron chi connectivity index (χ0n) is 26.4. The number of aromatic nitrogens is 1. The van der Waals surface area contributed by atoms with Crippen molar-refractivity contribution in [1.29, 1.82) is 0 Å². The third-order valence-corrected chi connectivity index (χ3v) is 7.44. The molecule has 2 heterocycles. The van der Waals surface area contributed by atoms with Gasteiger partial charge >= 0.3 is 12.1 Å². The highest BCUT2D eigenvalue weighted by Gasteiger charge is 2.39. The van der Waals surface area contributed by atoms with Crippen LogP contribution >= 0.6 is 0 Å². The fourth-order valence-electron chi connectivity index (χ4n) is 5.65. The average Bonchev–Trinajstić information content (AvgIpc) is 3.51. The first-order valence-corrected chi connectivity index (χ1v) is 15.3. The highest BCUT2D eigenvalue weighted by Crippen LogP contribution is 2.34. The number of aromatic amines is 1. The lowest BCUT2D eigenvalue weighted by Crippen LogP contribution is -2.57. The summed E-state index contributed by atoms with van der Waals surface area (Å²) in [6.07, 6.45) is 2.18. The largest absolute Gasteiger partial charge is 0.466 e. The molecule has 1 aliphatic rings. The molecule has 0 radical (unpaired) electrons. The van der Waals surface area contributed by atoms with Crippen molar-refractivity contribution in [2.45, 2.75) is 91.0 Å². The van der Waals surface area contributed by atoms with Crippen LogP contribution in [0.15, 0.2) is 54.7 Å². The second-order valence-electron chi connectivity index (χ2n) is 12.7. The highest BCUT2D eigenvalue weighted by atomic mass is 16.6. The maximum Gasteiger partial charge on any atom is 0.408 e. The van der Waals surface area contributed by atoms with Gasteiger partial charge in [0, 0.05) is 29.2 Å². The molecule has 2 aromatic carbocycles. The van der Waals surface area contributed by atoms with Crippen LogP contribution in [0.5, 0.6) is 0 Å². The molecule has 3 N–H and O–H groups in total. The predicted octanol–water partition coefficient (Wildman–Crippen LogP) is 5.05. The highest BCUT2D eigenvalue weighted by molar-refractivity contribution is 6.02. The summed E-state index contributed by atoms with van der Waals surface area (Å²) in [7, 11) is 0. The Balaban J connectivity index is 1.62. The summed E-state index contributed by atoms with van der Waals surface area (Å²) >= 11 is 0. The number of esters is 1. The molecule has 1 aromatic heterocycles. The topological polar surface area (TPSA) is 130 Å². The zero-order valence-corrected chi connectivity index (χ0v) is 26.4. The quantitative estimate of drug-likeness (QED) is 0.263. The Labute approximate surface area is 258 Å². The number of hydrogen-bond donors (Lipinski definition) is 3. The lowest BCUT2D eigenvalue weighted by molar-refractivity contribution is -0.143. The molecule has 3 atom stereocenters. The van der Waals surface area contributed by atoms with E-state index in [1.807, 2.05) is 68.6 Å². The minimum atomic E-state index is -1.02. The van der Waals surface area contributed by atoms with Crippen LogP contribution in [-0.2, 0) is 36.7 Å². The number of H-pyrrole nitrogens is 1. The van der Waals surface area contributed by atoms with E-state index in [9.17, 15) is 19.2 Å². The predicted molar refractivity (Wildman–Crippen MR) is 169 cm³/mol. The van der Waals surface area contributed by atoms with E-state index in [2.05, 4.69) is 15.6 Å². The van der Waals surface area contributed by atoms with Gasteiger partial charge in [-0.1, -0.05) is 50.2 Å². The van der Waals surface area contributed by atoms with Gasteiger partial charge in [0.1, 0.15) is 17.7 Å². The van der Waals surface area contributed by atoms with E-state index in [0.717, 1.165) is 27.7 Å². The molecular formula is C34H44N4O6. The van der Waals surface area contributed by atoms with E-state index in [4.69, 9.17) is 9.47 Å². The minimum absolute atomic E-state index is 0.0417. The molecule has 0 aliphatic carbocycles. The Morgan fingerprint density at radius 1 is 1.00 bits per heavy atom. The van der Waals surface area contributed by atoms with Crippen molar-refractivity contribution >= 4 is 40.5 Å². The van der Waals surface area contributed by atoms with E-state index in [0.29, 0.717) is 12.8 Å². The van der Waals surface area contributed by atoms with Crippen LogP contribution in [0.1, 0.15) is 65.5 Å². The van der Waals surface area contributed by atoms with Gasteiger partial charge in [-0.3, -0.25) is 14.4 Å². The molecule has 0 unspecified atom stereocenters. The van der Waals surface area contributed by atoms with Crippen molar-refractivity contribution in [2.75, 3.05) is 11.5 Å². The Morgan fingerprint density at radius 2 is 1.70 bits per heavy atom. The fourth-order valence-corrected chi connectivity index (χ4v) is 5.65. The van der Waals surface area contributed by atoms with Gasteiger partial charge in [0.15, 0.2) is 0 Å². The molecule has 0 fully saturated rings. The number of fused-ring (bicyclic) bond motifs is 2. The molecule has 10 heteroatoms. The van der Waals surface area contributed by atoms with E-state index >= 15 is 0 Å². The van der Waals surface area contributed by atoms with Gasteiger partial charge < -0.3 is 30.0 Å². The maximum atomic E-state index is 14.3. The lowest BCUT2D eigenvalue weighted by atomic mass is 9.99. The van der Waals surface area contributed by atoms with Gasteiger partial charge in [0.2, 0.25) is 11.8 Å². The standard InChI is InChI=1S/C34H44N4O6/c1-7-43-30(39)19-24-17-22-12-8-11-15-29(22)38(24)32(41)28(16-21(2)3)36-31(40)27(37-33(42)44-34(4,5)6)18-23-20-35-26-14-10-9-13-25(23)26/h8-15,20-21,24,27-28,35H,7,16-19H2,1-6H3,(H,36,40)(H,37,42)/t24-,27+,28+/m1/s1. The van der Waals surface area contributed by atoms with Crippen LogP contribution in [0, 0.1) is 5.92 Å². The number of para-hydroxylation sites is 2. The smallest absolute Gasteiger partial charge is 0.408 e. The van der Waals surface area contributed by atoms with Gasteiger partial charge in [0.25, 0.3) is 0 Å². The van der Waals surface area contributed by atoms with E-state index < -0.39 is 35.7 Å². The second-order valence-corrected chi connectivity index (χ2v) is 12.7. The summed E-state index contributed by atoms with van der Waals surface area (Å²) in [6.45, 7) is 11.2. The number of alkyl carbamates (subject to hydrolysis) is 1. The van der Waals surface area contributed by atoms with E-state index in [-0.39, 0.29) is 37.2 Å². The Kier molecular flexibility index (Phi) is 10.3. The first-order chi connectivity index (χ1) is 20.9. The second kappa shape index (κ2) is 14.0. The van der Waals surface area contributed by atoms with Crippen LogP contribution in [0.4, 0.5) is 10.5 Å². The number of rotatable bonds is 11. The van der Waals surface area contributed by atoms with Crippen molar-refractivity contribution in [3.05, 3.63) is 65.9 Å². The number of carbonyl (C=O) groups excluding carboxylic acids is 4. The lowest BCUT2D eigenvalue weighted by Gasteiger charge is -2.31. The summed E-state index contributed by atoms with van der Waals surface area (Å²) in [6, 6.07) is 12.9. The Morgan fingerprint density at radius 3 is 2.41 bits per heavy atom. The Bertz CT molecular complexity index is 1490. The number of hydrogen-bond acceptors (Lipinski definition) is 6. The molecule has 0 bridgehead atoms. The number of nitrogens with zero attached hydrogens (tertiary/aromatic N) is 1. The number of nitrogens with one attached hydrogen (secondary N) is 3. The minimum Gasteiger partial charge on any atom is -0.466 e. The number of amides is 3. The summed E-state index contributed by atoms with van der Waals surface area (Å²) in [5, 5.41) is 6.62. The molecule has 0 spiro atoms. The van der Waals surface area contributed by atoms with Gasteiger partial charge in [-0.25, -0.2) is 4.79 Å². The van der Waals surface area contributed by atoms with E-state index in [1.54, 1.807) is 32.6 Å². The summed E-state index contributed by atoms with van der Waals surface area (Å²) in [5.74, 6) is -1.13. The van der Waals surface area contributed by atoms with Crippen LogP contribution in [0.25, 0.3) is 10.9 Å². The molecule has 3 amide bonds. The zero-order chi connectivity index (χ0) is 32.0. The van der Waals surface area contributed by atoms with Gasteiger partial charge in [-0.05, 0) is 69.7 Å². The molecule has 44 heavy (non-hydrogen) atoms. The van der Waals surface area contributed by atoms with Crippen molar-refractivity contribution < 1.29 is 28.7 Å². The molecule has 0 saturated heterocycles. The number of anilines is 1. The molecule has 3 aromatic rings. The first kappa shape index (κ1) is 32.6. The average molecular weight is 605 g/mol. The van der Waals surface area contributed by atoms with Gasteiger partial charge in [-0.15, -0.1) is 0 Å². The number of carbonyl (C=O) groups is 4. The number of benzene rings is 2. The van der Waals surface area contributed by atoms with Gasteiger partial charge in [0.05, 0.1) is 19.1 Å². The van der Waals surface area contributed by atoms with Crippen molar-refractivity contribution in [3.8, 4) is 0 Å². The first-order valence-electron chi connectivity index (χ1n) is 15.3. The summed E-state index contributed by atoms with van der Waals surface area (Å²) in [5.41, 5.74) is 2.66. The maximum absolute atomic E-state index is 14.3.